The number of nitriles is 1. The van der Waals surface area contributed by atoms with E-state index in [0.717, 1.165) is 0 Å². The maximum Gasteiger partial charge on any atom is 0.273 e. The van der Waals surface area contributed by atoms with E-state index in [1.165, 1.54) is 31.3 Å². The molecule has 0 bridgehead atoms. The van der Waals surface area contributed by atoms with Crippen LogP contribution < -0.4 is 5.32 Å². The Kier molecular flexibility index (Phi) is 2.98. The predicted molar refractivity (Wildman–Crippen MR) is 50.9 cm³/mol. The standard InChI is InChI=1S/C9H7N3O3/c1-6-7(9(13)11-5-10)3-2-4-8(6)12(14)15/h2-4H,1H3,(H,11,13). The van der Waals surface area contributed by atoms with E-state index in [0.29, 0.717) is 0 Å². The molecule has 1 N–H and O–H groups in total. The van der Waals surface area contributed by atoms with E-state index in [-0.39, 0.29) is 16.8 Å². The van der Waals surface area contributed by atoms with E-state index in [4.69, 9.17) is 5.26 Å². The number of benzene rings is 1. The summed E-state index contributed by atoms with van der Waals surface area (Å²) in [6.07, 6.45) is 1.47. The van der Waals surface area contributed by atoms with Crippen LogP contribution in [0.1, 0.15) is 15.9 Å². The number of hydrogen-bond donors (Lipinski definition) is 1. The van der Waals surface area contributed by atoms with Crippen molar-refractivity contribution in [2.45, 2.75) is 6.92 Å². The summed E-state index contributed by atoms with van der Waals surface area (Å²) >= 11 is 0. The molecule has 0 aliphatic carbocycles. The van der Waals surface area contributed by atoms with Gasteiger partial charge in [0.05, 0.1) is 10.5 Å². The van der Waals surface area contributed by atoms with Crippen molar-refractivity contribution in [2.24, 2.45) is 0 Å². The van der Waals surface area contributed by atoms with Crippen LogP contribution in [0.5, 0.6) is 0 Å². The largest absolute Gasteiger partial charge is 0.273 e. The van der Waals surface area contributed by atoms with Gasteiger partial charge in [-0.2, -0.15) is 5.26 Å². The maximum absolute atomic E-state index is 11.3. The molecule has 76 valence electrons. The van der Waals surface area contributed by atoms with Gasteiger partial charge in [-0.05, 0) is 13.0 Å². The molecule has 0 fully saturated rings. The van der Waals surface area contributed by atoms with Gasteiger partial charge in [0.15, 0.2) is 6.19 Å². The molecule has 1 aromatic carbocycles. The van der Waals surface area contributed by atoms with Gasteiger partial charge in [0.1, 0.15) is 0 Å². The van der Waals surface area contributed by atoms with Crippen LogP contribution in [0.4, 0.5) is 5.69 Å². The van der Waals surface area contributed by atoms with Gasteiger partial charge < -0.3 is 0 Å². The van der Waals surface area contributed by atoms with E-state index < -0.39 is 10.8 Å². The molecule has 0 aliphatic heterocycles. The van der Waals surface area contributed by atoms with Gasteiger partial charge in [0, 0.05) is 11.6 Å². The molecule has 0 heterocycles. The fraction of sp³-hybridized carbons (Fsp3) is 0.111. The number of hydrogen-bond acceptors (Lipinski definition) is 4. The minimum Gasteiger partial charge on any atom is -0.268 e. The van der Waals surface area contributed by atoms with Crippen LogP contribution in [-0.4, -0.2) is 10.8 Å². The van der Waals surface area contributed by atoms with Crippen molar-refractivity contribution < 1.29 is 9.72 Å². The van der Waals surface area contributed by atoms with Crippen LogP contribution in [0.25, 0.3) is 0 Å². The van der Waals surface area contributed by atoms with Crippen molar-refractivity contribution in [3.8, 4) is 6.19 Å². The summed E-state index contributed by atoms with van der Waals surface area (Å²) in [5, 5.41) is 20.7. The molecule has 6 heteroatoms. The first-order valence-electron chi connectivity index (χ1n) is 4.01. The van der Waals surface area contributed by atoms with Crippen molar-refractivity contribution in [2.75, 3.05) is 0 Å². The number of nitro groups is 1. The van der Waals surface area contributed by atoms with Crippen molar-refractivity contribution in [1.29, 1.82) is 5.26 Å². The number of nitrogens with zero attached hydrogens (tertiary/aromatic N) is 2. The molecule has 0 saturated heterocycles. The molecule has 0 aromatic heterocycles. The zero-order chi connectivity index (χ0) is 11.4. The predicted octanol–water partition coefficient (Wildman–Crippen LogP) is 1.11. The molecule has 6 nitrogen and oxygen atoms in total. The smallest absolute Gasteiger partial charge is 0.268 e. The number of rotatable bonds is 2. The lowest BCUT2D eigenvalue weighted by molar-refractivity contribution is -0.385. The first-order chi connectivity index (χ1) is 7.07. The third kappa shape index (κ3) is 2.08. The highest BCUT2D eigenvalue weighted by molar-refractivity contribution is 5.97. The summed E-state index contributed by atoms with van der Waals surface area (Å²) in [7, 11) is 0. The van der Waals surface area contributed by atoms with Crippen molar-refractivity contribution in [3.63, 3.8) is 0 Å². The zero-order valence-electron chi connectivity index (χ0n) is 7.85. The van der Waals surface area contributed by atoms with Crippen LogP contribution >= 0.6 is 0 Å². The Morgan fingerprint density at radius 2 is 2.27 bits per heavy atom. The SMILES string of the molecule is Cc1c(C(=O)NC#N)cccc1[N+](=O)[O-]. The third-order valence-electron chi connectivity index (χ3n) is 1.92. The van der Waals surface area contributed by atoms with Gasteiger partial charge in [0.2, 0.25) is 0 Å². The number of carbonyl (C=O) groups excluding carboxylic acids is 1. The van der Waals surface area contributed by atoms with Gasteiger partial charge in [-0.25, -0.2) is 0 Å². The Labute approximate surface area is 85.3 Å². The summed E-state index contributed by atoms with van der Waals surface area (Å²) in [5.41, 5.74) is 0.238. The minimum absolute atomic E-state index is 0.130. The number of carbonyl (C=O) groups is 1. The van der Waals surface area contributed by atoms with E-state index in [1.807, 2.05) is 5.32 Å². The fourth-order valence-electron chi connectivity index (χ4n) is 1.19. The minimum atomic E-state index is -0.640. The molecule has 1 amide bonds. The summed E-state index contributed by atoms with van der Waals surface area (Å²) < 4.78 is 0. The Balaban J connectivity index is 3.22. The van der Waals surface area contributed by atoms with Gasteiger partial charge >= 0.3 is 0 Å². The molecule has 0 radical (unpaired) electrons. The molecule has 0 saturated carbocycles. The number of amides is 1. The average Bonchev–Trinajstić information content (AvgIpc) is 2.17. The second-order valence-corrected chi connectivity index (χ2v) is 2.77. The molecule has 1 aromatic rings. The van der Waals surface area contributed by atoms with Crippen molar-refractivity contribution in [1.82, 2.24) is 5.32 Å². The van der Waals surface area contributed by atoms with Gasteiger partial charge in [-0.15, -0.1) is 0 Å². The average molecular weight is 205 g/mol. The van der Waals surface area contributed by atoms with Gasteiger partial charge in [-0.3, -0.25) is 20.2 Å². The Bertz CT molecular complexity index is 462. The van der Waals surface area contributed by atoms with Crippen molar-refractivity contribution >= 4 is 11.6 Å². The van der Waals surface area contributed by atoms with Crippen LogP contribution in [0.15, 0.2) is 18.2 Å². The van der Waals surface area contributed by atoms with Crippen LogP contribution in [-0.2, 0) is 0 Å². The van der Waals surface area contributed by atoms with Gasteiger partial charge in [-0.1, -0.05) is 6.07 Å². The highest BCUT2D eigenvalue weighted by Gasteiger charge is 2.17. The molecule has 15 heavy (non-hydrogen) atoms. The molecular weight excluding hydrogens is 198 g/mol. The lowest BCUT2D eigenvalue weighted by Gasteiger charge is -2.02. The molecular formula is C9H7N3O3. The molecule has 1 rings (SSSR count). The third-order valence-corrected chi connectivity index (χ3v) is 1.92. The van der Waals surface area contributed by atoms with Crippen LogP contribution in [0, 0.1) is 28.5 Å². The van der Waals surface area contributed by atoms with Crippen LogP contribution in [0.3, 0.4) is 0 Å². The Hall–Kier alpha value is -2.42. The summed E-state index contributed by atoms with van der Waals surface area (Å²) in [6, 6.07) is 4.13. The monoisotopic (exact) mass is 205 g/mol. The van der Waals surface area contributed by atoms with E-state index in [1.54, 1.807) is 0 Å². The maximum atomic E-state index is 11.3. The topological polar surface area (TPSA) is 96.0 Å². The van der Waals surface area contributed by atoms with Crippen LogP contribution in [0.2, 0.25) is 0 Å². The first kappa shape index (κ1) is 10.7. The Morgan fingerprint density at radius 1 is 1.60 bits per heavy atom. The highest BCUT2D eigenvalue weighted by Crippen LogP contribution is 2.20. The zero-order valence-corrected chi connectivity index (χ0v) is 7.85. The highest BCUT2D eigenvalue weighted by atomic mass is 16.6. The quantitative estimate of drug-likeness (QED) is 0.338. The molecule has 0 unspecified atom stereocenters. The Morgan fingerprint density at radius 3 is 2.80 bits per heavy atom. The first-order valence-corrected chi connectivity index (χ1v) is 4.01. The lowest BCUT2D eigenvalue weighted by Crippen LogP contribution is -2.18. The number of nitro benzene ring substituents is 1. The van der Waals surface area contributed by atoms with Gasteiger partial charge in [0.25, 0.3) is 11.6 Å². The molecule has 0 atom stereocenters. The summed E-state index contributed by atoms with van der Waals surface area (Å²) in [5.74, 6) is -0.640. The summed E-state index contributed by atoms with van der Waals surface area (Å²) in [6.45, 7) is 1.46. The normalized spacial score (nSPS) is 9.07. The number of nitrogens with one attached hydrogen (secondary N) is 1. The second-order valence-electron chi connectivity index (χ2n) is 2.77. The second kappa shape index (κ2) is 4.19. The van der Waals surface area contributed by atoms with Crippen molar-refractivity contribution in [3.05, 3.63) is 39.4 Å². The molecule has 0 spiro atoms. The summed E-state index contributed by atoms with van der Waals surface area (Å²) in [4.78, 5) is 21.3. The van der Waals surface area contributed by atoms with E-state index in [9.17, 15) is 14.9 Å². The lowest BCUT2D eigenvalue weighted by atomic mass is 10.1. The van der Waals surface area contributed by atoms with E-state index >= 15 is 0 Å². The fourth-order valence-corrected chi connectivity index (χ4v) is 1.19. The molecule has 0 aliphatic rings. The van der Waals surface area contributed by atoms with E-state index in [2.05, 4.69) is 0 Å².